The summed E-state index contributed by atoms with van der Waals surface area (Å²) in [4.78, 5) is 20.6. The number of aryl methyl sites for hydroxylation is 2. The number of hydrogen-bond acceptors (Lipinski definition) is 4. The minimum Gasteiger partial charge on any atom is -0.342 e. The van der Waals surface area contributed by atoms with Crippen LogP contribution in [0.15, 0.2) is 82.8 Å². The molecule has 2 heterocycles. The Hall–Kier alpha value is -4.08. The van der Waals surface area contributed by atoms with Gasteiger partial charge in [-0.25, -0.2) is 4.99 Å². The molecule has 1 aliphatic heterocycles. The Morgan fingerprint density at radius 2 is 1.72 bits per heavy atom. The van der Waals surface area contributed by atoms with Crippen LogP contribution >= 0.6 is 11.8 Å². The molecular formula is C30H26N4OS. The van der Waals surface area contributed by atoms with Crippen molar-refractivity contribution in [3.05, 3.63) is 106 Å². The number of thioether (sulfide) groups is 1. The van der Waals surface area contributed by atoms with Crippen LogP contribution in [0.25, 0.3) is 17.0 Å². The average molecular weight is 491 g/mol. The van der Waals surface area contributed by atoms with Crippen molar-refractivity contribution in [3.8, 4) is 6.07 Å². The van der Waals surface area contributed by atoms with Gasteiger partial charge in [-0.3, -0.25) is 9.69 Å². The highest BCUT2D eigenvalue weighted by Crippen LogP contribution is 2.36. The van der Waals surface area contributed by atoms with E-state index in [1.54, 1.807) is 4.90 Å². The first-order valence-electron chi connectivity index (χ1n) is 11.9. The molecule has 5 rings (SSSR count). The van der Waals surface area contributed by atoms with Gasteiger partial charge in [-0.2, -0.15) is 5.26 Å². The summed E-state index contributed by atoms with van der Waals surface area (Å²) in [6.45, 7) is 7.19. The van der Waals surface area contributed by atoms with E-state index in [0.717, 1.165) is 38.8 Å². The number of carbonyl (C=O) groups excluding carboxylic acids is 1. The molecule has 0 bridgehead atoms. The minimum atomic E-state index is -0.0286. The number of hydrogen-bond donors (Lipinski definition) is 0. The van der Waals surface area contributed by atoms with Gasteiger partial charge in [-0.1, -0.05) is 54.6 Å². The molecule has 3 aromatic carbocycles. The Morgan fingerprint density at radius 1 is 1.00 bits per heavy atom. The molecule has 1 aliphatic rings. The number of nitrogens with zero attached hydrogens (tertiary/aromatic N) is 4. The van der Waals surface area contributed by atoms with Crippen molar-refractivity contribution in [1.29, 1.82) is 5.26 Å². The number of para-hydroxylation sites is 2. The van der Waals surface area contributed by atoms with Crippen molar-refractivity contribution in [2.24, 2.45) is 4.99 Å². The lowest BCUT2D eigenvalue weighted by Crippen LogP contribution is -2.28. The Labute approximate surface area is 215 Å². The van der Waals surface area contributed by atoms with Crippen LogP contribution < -0.4 is 0 Å². The molecule has 1 aromatic heterocycles. The highest BCUT2D eigenvalue weighted by molar-refractivity contribution is 8.18. The van der Waals surface area contributed by atoms with Gasteiger partial charge in [0.2, 0.25) is 0 Å². The van der Waals surface area contributed by atoms with Gasteiger partial charge < -0.3 is 4.57 Å². The lowest BCUT2D eigenvalue weighted by molar-refractivity contribution is -0.122. The van der Waals surface area contributed by atoms with Crippen LogP contribution in [0.3, 0.4) is 0 Å². The monoisotopic (exact) mass is 490 g/mol. The predicted octanol–water partition coefficient (Wildman–Crippen LogP) is 6.80. The van der Waals surface area contributed by atoms with Crippen molar-refractivity contribution in [2.45, 2.75) is 27.3 Å². The van der Waals surface area contributed by atoms with Crippen LogP contribution in [0.4, 0.5) is 5.69 Å². The summed E-state index contributed by atoms with van der Waals surface area (Å²) in [5, 5.41) is 11.3. The first-order chi connectivity index (χ1) is 17.5. The second-order valence-corrected chi connectivity index (χ2v) is 9.80. The summed E-state index contributed by atoms with van der Waals surface area (Å²) in [5.41, 5.74) is 6.76. The summed E-state index contributed by atoms with van der Waals surface area (Å²) in [7, 11) is 0. The Kier molecular flexibility index (Phi) is 6.49. The summed E-state index contributed by atoms with van der Waals surface area (Å²) < 4.78 is 2.14. The van der Waals surface area contributed by atoms with Gasteiger partial charge in [0.05, 0.1) is 22.2 Å². The van der Waals surface area contributed by atoms with Crippen LogP contribution in [-0.2, 0) is 11.3 Å². The van der Waals surface area contributed by atoms with E-state index in [1.165, 1.54) is 11.8 Å². The number of likely N-dealkylation sites (N-methyl/N-ethyl adjacent to an activating group) is 1. The second-order valence-electron chi connectivity index (χ2n) is 8.79. The Bertz CT molecular complexity index is 1570. The zero-order valence-electron chi connectivity index (χ0n) is 20.5. The van der Waals surface area contributed by atoms with Gasteiger partial charge in [0, 0.05) is 35.8 Å². The molecule has 1 fully saturated rings. The number of carbonyl (C=O) groups is 1. The lowest BCUT2D eigenvalue weighted by Gasteiger charge is -2.13. The SMILES string of the molecule is CCN1C(=O)/C(=C\c2cn(Cc3ccccc3C#N)c3ccccc23)SC1=Nc1c(C)cccc1C. The lowest BCUT2D eigenvalue weighted by atomic mass is 10.1. The normalized spacial score (nSPS) is 15.8. The smallest absolute Gasteiger partial charge is 0.266 e. The molecule has 36 heavy (non-hydrogen) atoms. The summed E-state index contributed by atoms with van der Waals surface area (Å²) in [5.74, 6) is -0.0286. The maximum absolute atomic E-state index is 13.3. The molecule has 0 saturated carbocycles. The molecular weight excluding hydrogens is 464 g/mol. The number of aliphatic imine (C=N–C) groups is 1. The number of amides is 1. The van der Waals surface area contributed by atoms with Gasteiger partial charge >= 0.3 is 0 Å². The molecule has 4 aromatic rings. The maximum Gasteiger partial charge on any atom is 0.266 e. The molecule has 0 N–H and O–H groups in total. The topological polar surface area (TPSA) is 61.4 Å². The van der Waals surface area contributed by atoms with Crippen LogP contribution in [0.2, 0.25) is 0 Å². The van der Waals surface area contributed by atoms with E-state index in [-0.39, 0.29) is 5.91 Å². The van der Waals surface area contributed by atoms with Crippen molar-refractivity contribution >= 4 is 45.5 Å². The highest BCUT2D eigenvalue weighted by atomic mass is 32.2. The van der Waals surface area contributed by atoms with E-state index in [1.807, 2.05) is 81.4 Å². The molecule has 178 valence electrons. The first kappa shape index (κ1) is 23.7. The fourth-order valence-electron chi connectivity index (χ4n) is 4.56. The third kappa shape index (κ3) is 4.34. The molecule has 1 saturated heterocycles. The largest absolute Gasteiger partial charge is 0.342 e. The van der Waals surface area contributed by atoms with E-state index >= 15 is 0 Å². The maximum atomic E-state index is 13.3. The van der Waals surface area contributed by atoms with Gasteiger partial charge in [-0.15, -0.1) is 0 Å². The number of fused-ring (bicyclic) bond motifs is 1. The standard InChI is InChI=1S/C30H26N4OS/c1-4-34-29(35)27(36-30(34)32-28-20(2)10-9-11-21(28)3)16-24-19-33(26-15-8-7-14-25(24)26)18-23-13-6-5-12-22(23)17-31/h5-16,19H,4,18H2,1-3H3/b27-16+,32-30?. The summed E-state index contributed by atoms with van der Waals surface area (Å²) >= 11 is 1.42. The zero-order valence-corrected chi connectivity index (χ0v) is 21.3. The molecule has 0 atom stereocenters. The Balaban J connectivity index is 1.55. The van der Waals surface area contributed by atoms with Crippen LogP contribution in [0, 0.1) is 25.2 Å². The van der Waals surface area contributed by atoms with Crippen molar-refractivity contribution in [3.63, 3.8) is 0 Å². The number of amidine groups is 1. The molecule has 0 unspecified atom stereocenters. The van der Waals surface area contributed by atoms with Gasteiger partial charge in [-0.05, 0) is 67.4 Å². The molecule has 6 heteroatoms. The Morgan fingerprint density at radius 3 is 2.47 bits per heavy atom. The van der Waals surface area contributed by atoms with Crippen molar-refractivity contribution in [1.82, 2.24) is 9.47 Å². The number of nitriles is 1. The molecule has 0 aliphatic carbocycles. The third-order valence-electron chi connectivity index (χ3n) is 6.44. The number of aromatic nitrogens is 1. The van der Waals surface area contributed by atoms with E-state index < -0.39 is 0 Å². The quantitative estimate of drug-likeness (QED) is 0.289. The summed E-state index contributed by atoms with van der Waals surface area (Å²) in [6.07, 6.45) is 4.04. The highest BCUT2D eigenvalue weighted by Gasteiger charge is 2.32. The van der Waals surface area contributed by atoms with Crippen LogP contribution in [0.5, 0.6) is 0 Å². The third-order valence-corrected chi connectivity index (χ3v) is 7.44. The van der Waals surface area contributed by atoms with E-state index in [9.17, 15) is 10.1 Å². The molecule has 0 spiro atoms. The zero-order chi connectivity index (χ0) is 25.2. The van der Waals surface area contributed by atoms with Gasteiger partial charge in [0.25, 0.3) is 5.91 Å². The van der Waals surface area contributed by atoms with Gasteiger partial charge in [0.15, 0.2) is 5.17 Å². The second kappa shape index (κ2) is 9.88. The van der Waals surface area contributed by atoms with Crippen LogP contribution in [0.1, 0.15) is 34.7 Å². The molecule has 5 nitrogen and oxygen atoms in total. The van der Waals surface area contributed by atoms with E-state index in [4.69, 9.17) is 4.99 Å². The van der Waals surface area contributed by atoms with Crippen LogP contribution in [-0.4, -0.2) is 27.1 Å². The first-order valence-corrected chi connectivity index (χ1v) is 12.7. The number of benzene rings is 3. The van der Waals surface area contributed by atoms with E-state index in [2.05, 4.69) is 29.0 Å². The van der Waals surface area contributed by atoms with Gasteiger partial charge in [0.1, 0.15) is 0 Å². The van der Waals surface area contributed by atoms with Crippen molar-refractivity contribution in [2.75, 3.05) is 6.54 Å². The van der Waals surface area contributed by atoms with E-state index in [0.29, 0.717) is 28.7 Å². The number of rotatable bonds is 5. The predicted molar refractivity (Wildman–Crippen MR) is 148 cm³/mol. The molecule has 0 radical (unpaired) electrons. The summed E-state index contributed by atoms with van der Waals surface area (Å²) in [6, 6.07) is 24.2. The fraction of sp³-hybridized carbons (Fsp3) is 0.167. The average Bonchev–Trinajstić information content (AvgIpc) is 3.38. The fourth-order valence-corrected chi connectivity index (χ4v) is 5.60. The van der Waals surface area contributed by atoms with Crippen molar-refractivity contribution < 1.29 is 4.79 Å². The molecule has 1 amide bonds. The minimum absolute atomic E-state index is 0.0286.